The third-order valence-electron chi connectivity index (χ3n) is 4.90. The van der Waals surface area contributed by atoms with Crippen LogP contribution in [0.1, 0.15) is 37.9 Å². The summed E-state index contributed by atoms with van der Waals surface area (Å²) in [5, 5.41) is 3.30. The Hall–Kier alpha value is -2.62. The van der Waals surface area contributed by atoms with E-state index < -0.39 is 0 Å². The van der Waals surface area contributed by atoms with Crippen molar-refractivity contribution >= 4 is 33.5 Å². The third-order valence-corrected chi connectivity index (χ3v) is 5.31. The number of anilines is 2. The lowest BCUT2D eigenvalue weighted by molar-refractivity contribution is 0.0500. The Bertz CT molecular complexity index is 909. The average Bonchev–Trinajstić information content (AvgIpc) is 2.71. The fraction of sp³-hybridized carbons (Fsp3) is 0.524. The van der Waals surface area contributed by atoms with Crippen molar-refractivity contribution in [2.75, 3.05) is 25.5 Å². The largest absolute Gasteiger partial charge is 0.489 e. The molecule has 1 fully saturated rings. The Morgan fingerprint density at radius 2 is 1.97 bits per heavy atom. The van der Waals surface area contributed by atoms with E-state index in [4.69, 9.17) is 14.2 Å². The molecule has 1 aliphatic rings. The van der Waals surface area contributed by atoms with E-state index in [1.807, 2.05) is 33.8 Å². The minimum Gasteiger partial charge on any atom is -0.489 e. The Labute approximate surface area is 190 Å². The lowest BCUT2D eigenvalue weighted by Crippen LogP contribution is -2.42. The highest BCUT2D eigenvalue weighted by Crippen LogP contribution is 2.36. The van der Waals surface area contributed by atoms with E-state index in [-0.39, 0.29) is 18.3 Å². The molecule has 2 aromatic heterocycles. The van der Waals surface area contributed by atoms with Gasteiger partial charge in [-0.15, -0.1) is 0 Å². The number of carbonyl (C=O) groups excluding carboxylic acids is 1. The number of likely N-dealkylation sites (tertiary alicyclic amines) is 1. The summed E-state index contributed by atoms with van der Waals surface area (Å²) in [6.45, 7) is 8.73. The molecule has 0 aliphatic carbocycles. The topological polar surface area (TPSA) is 98.7 Å². The molecule has 0 bridgehead atoms. The first-order valence-corrected chi connectivity index (χ1v) is 11.0. The monoisotopic (exact) mass is 493 g/mol. The van der Waals surface area contributed by atoms with Gasteiger partial charge in [0.2, 0.25) is 5.75 Å². The summed E-state index contributed by atoms with van der Waals surface area (Å²) in [5.41, 5.74) is 2.70. The van der Waals surface area contributed by atoms with Crippen LogP contribution >= 0.6 is 15.9 Å². The van der Waals surface area contributed by atoms with Gasteiger partial charge in [0.15, 0.2) is 5.82 Å². The Morgan fingerprint density at radius 1 is 1.26 bits per heavy atom. The molecule has 0 unspecified atom stereocenters. The number of aromatic nitrogens is 3. The normalized spacial score (nSPS) is 14.5. The van der Waals surface area contributed by atoms with Crippen LogP contribution in [0.4, 0.5) is 16.3 Å². The zero-order valence-corrected chi connectivity index (χ0v) is 20.0. The highest BCUT2D eigenvalue weighted by Gasteiger charge is 2.27. The zero-order valence-electron chi connectivity index (χ0n) is 18.4. The van der Waals surface area contributed by atoms with Gasteiger partial charge in [-0.3, -0.25) is 0 Å². The Kier molecular flexibility index (Phi) is 7.53. The number of carbonyl (C=O) groups is 1. The van der Waals surface area contributed by atoms with Gasteiger partial charge < -0.3 is 24.4 Å². The first-order valence-electron chi connectivity index (χ1n) is 10.2. The number of hydrogen-bond acceptors (Lipinski definition) is 8. The van der Waals surface area contributed by atoms with Crippen LogP contribution in [0.25, 0.3) is 0 Å². The second-order valence-electron chi connectivity index (χ2n) is 7.64. The molecule has 31 heavy (non-hydrogen) atoms. The van der Waals surface area contributed by atoms with Gasteiger partial charge in [-0.1, -0.05) is 0 Å². The van der Waals surface area contributed by atoms with Crippen molar-refractivity contribution in [3.8, 4) is 11.6 Å². The van der Waals surface area contributed by atoms with Gasteiger partial charge in [-0.05, 0) is 55.3 Å². The molecule has 0 radical (unpaired) electrons. The van der Waals surface area contributed by atoms with Gasteiger partial charge in [0.25, 0.3) is 5.88 Å². The molecule has 3 heterocycles. The number of hydrogen-bond donors (Lipinski definition) is 1. The molecule has 1 aliphatic heterocycles. The van der Waals surface area contributed by atoms with E-state index >= 15 is 0 Å². The molecule has 9 nitrogen and oxygen atoms in total. The van der Waals surface area contributed by atoms with Crippen LogP contribution in [0.15, 0.2) is 17.0 Å². The molecule has 1 N–H and O–H groups in total. The summed E-state index contributed by atoms with van der Waals surface area (Å²) >= 11 is 3.41. The highest BCUT2D eigenvalue weighted by atomic mass is 79.9. The predicted octanol–water partition coefficient (Wildman–Crippen LogP) is 4.39. The number of ether oxygens (including phenoxy) is 3. The van der Waals surface area contributed by atoms with E-state index in [2.05, 4.69) is 36.2 Å². The second kappa shape index (κ2) is 10.1. The predicted molar refractivity (Wildman–Crippen MR) is 120 cm³/mol. The zero-order chi connectivity index (χ0) is 22.5. The standard InChI is InChI=1S/C21H28BrN5O4/c1-12(2)30-21(28)27-8-6-15(7-9-27)31-20-18(29-5)19(23-11-24-20)26-17-13(3)10-16(22)25-14(17)4/h10-12,15H,6-9H2,1-5H3,(H,23,24,26). The molecule has 2 aromatic rings. The summed E-state index contributed by atoms with van der Waals surface area (Å²) < 4.78 is 17.7. The molecule has 1 saturated heterocycles. The number of nitrogens with zero attached hydrogens (tertiary/aromatic N) is 4. The number of halogens is 1. The van der Waals surface area contributed by atoms with Gasteiger partial charge >= 0.3 is 6.09 Å². The fourth-order valence-corrected chi connectivity index (χ4v) is 4.01. The number of aryl methyl sites for hydroxylation is 2. The van der Waals surface area contributed by atoms with Crippen molar-refractivity contribution in [3.63, 3.8) is 0 Å². The first-order chi connectivity index (χ1) is 14.8. The van der Waals surface area contributed by atoms with Crippen LogP contribution < -0.4 is 14.8 Å². The number of methoxy groups -OCH3 is 1. The van der Waals surface area contributed by atoms with Crippen LogP contribution in [0.2, 0.25) is 0 Å². The van der Waals surface area contributed by atoms with Gasteiger partial charge in [-0.25, -0.2) is 14.8 Å². The van der Waals surface area contributed by atoms with Crippen molar-refractivity contribution in [2.45, 2.75) is 52.7 Å². The molecular weight excluding hydrogens is 466 g/mol. The van der Waals surface area contributed by atoms with E-state index in [1.54, 1.807) is 12.0 Å². The maximum Gasteiger partial charge on any atom is 0.410 e. The maximum absolute atomic E-state index is 12.1. The van der Waals surface area contributed by atoms with Crippen molar-refractivity contribution < 1.29 is 19.0 Å². The van der Waals surface area contributed by atoms with Crippen LogP contribution in [-0.4, -0.2) is 58.4 Å². The number of piperidine rings is 1. The van der Waals surface area contributed by atoms with Crippen LogP contribution in [0.3, 0.4) is 0 Å². The molecule has 0 spiro atoms. The summed E-state index contributed by atoms with van der Waals surface area (Å²) in [6, 6.07) is 1.93. The Balaban J connectivity index is 1.71. The molecule has 0 atom stereocenters. The number of amides is 1. The van der Waals surface area contributed by atoms with Crippen molar-refractivity contribution in [1.29, 1.82) is 0 Å². The minimum atomic E-state index is -0.284. The van der Waals surface area contributed by atoms with Crippen molar-refractivity contribution in [3.05, 3.63) is 28.3 Å². The van der Waals surface area contributed by atoms with Gasteiger partial charge in [0, 0.05) is 25.9 Å². The summed E-state index contributed by atoms with van der Waals surface area (Å²) in [6.07, 6.45) is 2.29. The molecule has 0 aromatic carbocycles. The van der Waals surface area contributed by atoms with Crippen LogP contribution in [-0.2, 0) is 4.74 Å². The van der Waals surface area contributed by atoms with E-state index in [9.17, 15) is 4.79 Å². The summed E-state index contributed by atoms with van der Waals surface area (Å²) in [5.74, 6) is 1.29. The molecule has 1 amide bonds. The van der Waals surface area contributed by atoms with E-state index in [1.165, 1.54) is 6.33 Å². The molecule has 3 rings (SSSR count). The van der Waals surface area contributed by atoms with Crippen LogP contribution in [0, 0.1) is 13.8 Å². The molecule has 168 valence electrons. The van der Waals surface area contributed by atoms with E-state index in [0.717, 1.165) is 21.5 Å². The van der Waals surface area contributed by atoms with Gasteiger partial charge in [-0.2, -0.15) is 4.98 Å². The number of nitrogens with one attached hydrogen (secondary N) is 1. The first kappa shape index (κ1) is 23.1. The van der Waals surface area contributed by atoms with Gasteiger partial charge in [0.1, 0.15) is 17.0 Å². The molecular formula is C21H28BrN5O4. The summed E-state index contributed by atoms with van der Waals surface area (Å²) in [4.78, 5) is 26.8. The average molecular weight is 494 g/mol. The highest BCUT2D eigenvalue weighted by molar-refractivity contribution is 9.10. The van der Waals surface area contributed by atoms with E-state index in [0.29, 0.717) is 43.4 Å². The van der Waals surface area contributed by atoms with Gasteiger partial charge in [0.05, 0.1) is 24.6 Å². The SMILES string of the molecule is COc1c(Nc2c(C)cc(Br)nc2C)ncnc1OC1CCN(C(=O)OC(C)C)CC1. The Morgan fingerprint density at radius 3 is 2.58 bits per heavy atom. The lowest BCUT2D eigenvalue weighted by atomic mass is 10.1. The second-order valence-corrected chi connectivity index (χ2v) is 8.46. The number of pyridine rings is 1. The van der Waals surface area contributed by atoms with Crippen LogP contribution in [0.5, 0.6) is 11.6 Å². The molecule has 10 heteroatoms. The third kappa shape index (κ3) is 5.75. The smallest absolute Gasteiger partial charge is 0.410 e. The number of rotatable bonds is 6. The lowest BCUT2D eigenvalue weighted by Gasteiger charge is -2.32. The minimum absolute atomic E-state index is 0.0856. The van der Waals surface area contributed by atoms with Crippen molar-refractivity contribution in [2.24, 2.45) is 0 Å². The fourth-order valence-electron chi connectivity index (χ4n) is 3.40. The molecule has 0 saturated carbocycles. The summed E-state index contributed by atoms with van der Waals surface area (Å²) in [7, 11) is 1.56. The quantitative estimate of drug-likeness (QED) is 0.591. The maximum atomic E-state index is 12.1. The van der Waals surface area contributed by atoms with Crippen molar-refractivity contribution in [1.82, 2.24) is 19.9 Å².